The van der Waals surface area contributed by atoms with Gasteiger partial charge in [0.2, 0.25) is 5.95 Å². The van der Waals surface area contributed by atoms with Gasteiger partial charge in [-0.2, -0.15) is 13.8 Å². The minimum Gasteiger partial charge on any atom is -0.435 e. The van der Waals surface area contributed by atoms with Crippen LogP contribution in [0.25, 0.3) is 11.1 Å². The predicted octanol–water partition coefficient (Wildman–Crippen LogP) is 5.19. The van der Waals surface area contributed by atoms with E-state index in [4.69, 9.17) is 0 Å². The van der Waals surface area contributed by atoms with Crippen LogP contribution in [0, 0.1) is 0 Å². The van der Waals surface area contributed by atoms with Crippen molar-refractivity contribution >= 4 is 17.5 Å². The number of pyridine rings is 1. The molecule has 0 spiro atoms. The molecule has 4 rings (SSSR count). The van der Waals surface area contributed by atoms with Gasteiger partial charge in [-0.1, -0.05) is 26.0 Å². The maximum atomic E-state index is 12.3. The molecule has 9 heteroatoms. The van der Waals surface area contributed by atoms with Crippen molar-refractivity contribution in [2.75, 3.05) is 23.3 Å². The second-order valence-electron chi connectivity index (χ2n) is 6.95. The third-order valence-electron chi connectivity index (χ3n) is 4.86. The Morgan fingerprint density at radius 2 is 1.78 bits per heavy atom. The highest BCUT2D eigenvalue weighted by atomic mass is 19.3. The van der Waals surface area contributed by atoms with E-state index in [0.29, 0.717) is 23.0 Å². The summed E-state index contributed by atoms with van der Waals surface area (Å²) in [6.45, 7) is 2.97. The van der Waals surface area contributed by atoms with Gasteiger partial charge >= 0.3 is 6.61 Å². The van der Waals surface area contributed by atoms with Gasteiger partial charge in [0.25, 0.3) is 5.56 Å². The minimum atomic E-state index is -2.87. The Labute approximate surface area is 185 Å². The summed E-state index contributed by atoms with van der Waals surface area (Å²) < 4.78 is 29.0. The number of ether oxygens (including phenoxy) is 1. The van der Waals surface area contributed by atoms with E-state index in [1.165, 1.54) is 18.6 Å². The van der Waals surface area contributed by atoms with Gasteiger partial charge in [0, 0.05) is 31.0 Å². The molecule has 0 radical (unpaired) electrons. The smallest absolute Gasteiger partial charge is 0.387 e. The molecular weight excluding hydrogens is 416 g/mol. The zero-order chi connectivity index (χ0) is 22.9. The molecule has 2 aromatic heterocycles. The van der Waals surface area contributed by atoms with E-state index >= 15 is 0 Å². The summed E-state index contributed by atoms with van der Waals surface area (Å²) in [5.41, 5.74) is 1.48. The highest BCUT2D eigenvalue weighted by molar-refractivity contribution is 5.69. The summed E-state index contributed by atoms with van der Waals surface area (Å²) in [5, 5.41) is 3.05. The molecule has 170 valence electrons. The molecule has 7 nitrogen and oxygen atoms in total. The Kier molecular flexibility index (Phi) is 8.13. The highest BCUT2D eigenvalue weighted by Gasteiger charge is 2.14. The van der Waals surface area contributed by atoms with Crippen LogP contribution in [0.2, 0.25) is 0 Å². The molecule has 1 aromatic carbocycles. The Bertz CT molecular complexity index is 1050. The number of aromatic amines is 1. The highest BCUT2D eigenvalue weighted by Crippen LogP contribution is 2.25. The number of aromatic nitrogens is 3. The van der Waals surface area contributed by atoms with Crippen LogP contribution in [-0.2, 0) is 0 Å². The van der Waals surface area contributed by atoms with Crippen LogP contribution in [0.15, 0.2) is 53.6 Å². The molecule has 3 heterocycles. The third-order valence-corrected chi connectivity index (χ3v) is 4.86. The van der Waals surface area contributed by atoms with Crippen molar-refractivity contribution in [3.63, 3.8) is 0 Å². The molecule has 2 N–H and O–H groups in total. The van der Waals surface area contributed by atoms with Crippen molar-refractivity contribution in [2.45, 2.75) is 39.7 Å². The number of nitrogens with zero attached hydrogens (tertiary/aromatic N) is 3. The predicted molar refractivity (Wildman–Crippen MR) is 122 cm³/mol. The largest absolute Gasteiger partial charge is 0.435 e. The number of halogens is 2. The Morgan fingerprint density at radius 3 is 2.47 bits per heavy atom. The number of rotatable bonds is 6. The van der Waals surface area contributed by atoms with E-state index in [1.54, 1.807) is 36.7 Å². The first kappa shape index (κ1) is 23.2. The SMILES string of the molecule is CC.O=c1[nH]cc(-c2ccc(OC(F)F)cc2)cc1Nc1ccnc(N2CCCCC2)n1. The van der Waals surface area contributed by atoms with Crippen molar-refractivity contribution in [1.29, 1.82) is 0 Å². The quantitative estimate of drug-likeness (QED) is 0.545. The van der Waals surface area contributed by atoms with Gasteiger partial charge in [-0.15, -0.1) is 0 Å². The van der Waals surface area contributed by atoms with E-state index < -0.39 is 6.61 Å². The topological polar surface area (TPSA) is 83.1 Å². The summed E-state index contributed by atoms with van der Waals surface area (Å²) in [7, 11) is 0. The maximum absolute atomic E-state index is 12.3. The number of hydrogen-bond donors (Lipinski definition) is 2. The normalized spacial score (nSPS) is 13.3. The fourth-order valence-electron chi connectivity index (χ4n) is 3.37. The van der Waals surface area contributed by atoms with Crippen LogP contribution < -0.4 is 20.5 Å². The maximum Gasteiger partial charge on any atom is 0.387 e. The molecule has 1 saturated heterocycles. The fourth-order valence-corrected chi connectivity index (χ4v) is 3.37. The van der Waals surface area contributed by atoms with E-state index in [0.717, 1.165) is 31.5 Å². The lowest BCUT2D eigenvalue weighted by molar-refractivity contribution is -0.0498. The lowest BCUT2D eigenvalue weighted by Crippen LogP contribution is -2.31. The van der Waals surface area contributed by atoms with Crippen LogP contribution in [-0.4, -0.2) is 34.7 Å². The number of piperidine rings is 1. The number of benzene rings is 1. The van der Waals surface area contributed by atoms with Crippen LogP contribution in [0.1, 0.15) is 33.1 Å². The van der Waals surface area contributed by atoms with Crippen molar-refractivity contribution in [1.82, 2.24) is 15.0 Å². The van der Waals surface area contributed by atoms with E-state index in [1.807, 2.05) is 13.8 Å². The lowest BCUT2D eigenvalue weighted by atomic mass is 10.1. The van der Waals surface area contributed by atoms with E-state index in [9.17, 15) is 13.6 Å². The fraction of sp³-hybridized carbons (Fsp3) is 0.348. The number of nitrogens with one attached hydrogen (secondary N) is 2. The van der Waals surface area contributed by atoms with Crippen LogP contribution in [0.4, 0.5) is 26.2 Å². The lowest BCUT2D eigenvalue weighted by Gasteiger charge is -2.26. The van der Waals surface area contributed by atoms with Crippen LogP contribution in [0.5, 0.6) is 5.75 Å². The number of H-pyrrole nitrogens is 1. The zero-order valence-electron chi connectivity index (χ0n) is 18.1. The Morgan fingerprint density at radius 1 is 1.06 bits per heavy atom. The standard InChI is InChI=1S/C21H21F2N5O2.C2H6/c22-20(23)30-16-6-4-14(5-7-16)15-12-17(19(29)25-13-15)26-18-8-9-24-21(27-18)28-10-2-1-3-11-28;1-2/h4-9,12-13,20H,1-3,10-11H2,(H,25,29)(H,24,26,27);1-2H3. The zero-order valence-corrected chi connectivity index (χ0v) is 18.1. The van der Waals surface area contributed by atoms with Gasteiger partial charge in [-0.25, -0.2) is 4.98 Å². The molecule has 3 aromatic rings. The first-order chi connectivity index (χ1) is 15.6. The van der Waals surface area contributed by atoms with Crippen molar-refractivity contribution in [3.05, 3.63) is 59.1 Å². The number of anilines is 3. The summed E-state index contributed by atoms with van der Waals surface area (Å²) in [4.78, 5) is 26.0. The minimum absolute atomic E-state index is 0.0720. The second-order valence-corrected chi connectivity index (χ2v) is 6.95. The van der Waals surface area contributed by atoms with Crippen molar-refractivity contribution < 1.29 is 13.5 Å². The monoisotopic (exact) mass is 443 g/mol. The number of alkyl halides is 2. The molecule has 0 amide bonds. The summed E-state index contributed by atoms with van der Waals surface area (Å²) in [6.07, 6.45) is 6.67. The Balaban J connectivity index is 0.00000141. The first-order valence-electron chi connectivity index (χ1n) is 10.7. The molecule has 1 fully saturated rings. The summed E-state index contributed by atoms with van der Waals surface area (Å²) in [5.74, 6) is 1.23. The van der Waals surface area contributed by atoms with Gasteiger partial charge in [0.15, 0.2) is 0 Å². The van der Waals surface area contributed by atoms with Gasteiger partial charge in [0.05, 0.1) is 0 Å². The van der Waals surface area contributed by atoms with E-state index in [2.05, 4.69) is 29.9 Å². The van der Waals surface area contributed by atoms with Crippen molar-refractivity contribution in [2.24, 2.45) is 0 Å². The molecule has 1 aliphatic rings. The third kappa shape index (κ3) is 6.03. The molecule has 0 aliphatic carbocycles. The van der Waals surface area contributed by atoms with Gasteiger partial charge < -0.3 is 19.9 Å². The Hall–Kier alpha value is -3.49. The van der Waals surface area contributed by atoms with Crippen molar-refractivity contribution in [3.8, 4) is 16.9 Å². The molecule has 32 heavy (non-hydrogen) atoms. The van der Waals surface area contributed by atoms with Crippen LogP contribution in [0.3, 0.4) is 0 Å². The second kappa shape index (κ2) is 11.2. The molecule has 0 atom stereocenters. The first-order valence-corrected chi connectivity index (χ1v) is 10.7. The molecular formula is C23H27F2N5O2. The van der Waals surface area contributed by atoms with E-state index in [-0.39, 0.29) is 11.3 Å². The molecule has 0 bridgehead atoms. The molecule has 0 unspecified atom stereocenters. The van der Waals surface area contributed by atoms with Gasteiger partial charge in [-0.05, 0) is 49.1 Å². The molecule has 0 saturated carbocycles. The molecule has 1 aliphatic heterocycles. The average molecular weight is 443 g/mol. The average Bonchev–Trinajstić information content (AvgIpc) is 2.83. The number of hydrogen-bond acceptors (Lipinski definition) is 6. The summed E-state index contributed by atoms with van der Waals surface area (Å²) >= 11 is 0. The van der Waals surface area contributed by atoms with Crippen LogP contribution >= 0.6 is 0 Å². The van der Waals surface area contributed by atoms with Gasteiger partial charge in [-0.3, -0.25) is 4.79 Å². The summed E-state index contributed by atoms with van der Waals surface area (Å²) in [6, 6.07) is 9.59. The van der Waals surface area contributed by atoms with Gasteiger partial charge in [0.1, 0.15) is 17.3 Å².